The van der Waals surface area contributed by atoms with Crippen molar-refractivity contribution in [3.63, 3.8) is 0 Å². The van der Waals surface area contributed by atoms with Crippen molar-refractivity contribution in [1.29, 1.82) is 0 Å². The van der Waals surface area contributed by atoms with Crippen LogP contribution in [0.2, 0.25) is 0 Å². The summed E-state index contributed by atoms with van der Waals surface area (Å²) < 4.78 is 18.7. The van der Waals surface area contributed by atoms with Crippen LogP contribution in [-0.2, 0) is 4.79 Å². The number of ether oxygens (including phenoxy) is 1. The van der Waals surface area contributed by atoms with Crippen LogP contribution in [0.5, 0.6) is 5.75 Å². The van der Waals surface area contributed by atoms with Gasteiger partial charge in [-0.3, -0.25) is 15.1 Å². The highest BCUT2D eigenvalue weighted by atomic mass is 32.1. The number of anilines is 1. The van der Waals surface area contributed by atoms with E-state index < -0.39 is 11.7 Å². The number of nitrogens with zero attached hydrogens (tertiary/aromatic N) is 3. The van der Waals surface area contributed by atoms with Crippen molar-refractivity contribution in [1.82, 2.24) is 15.2 Å². The SMILES string of the molecule is COc1ccc(C(C)C(=O)Nc2nnc(-c3ccncc3)s2)cc1F. The molecule has 0 saturated carbocycles. The Bertz CT molecular complexity index is 885. The standard InChI is InChI=1S/C17H15FN4O2S/c1-10(12-3-4-14(24-2)13(18)9-12)15(23)20-17-22-21-16(25-17)11-5-7-19-8-6-11/h3-10H,1-2H3,(H,20,22,23). The molecule has 1 N–H and O–H groups in total. The van der Waals surface area contributed by atoms with Crippen molar-refractivity contribution in [2.45, 2.75) is 12.8 Å². The van der Waals surface area contributed by atoms with Gasteiger partial charge in [0, 0.05) is 18.0 Å². The van der Waals surface area contributed by atoms with Crippen LogP contribution in [0.25, 0.3) is 10.6 Å². The van der Waals surface area contributed by atoms with E-state index in [9.17, 15) is 9.18 Å². The van der Waals surface area contributed by atoms with Gasteiger partial charge in [0.05, 0.1) is 13.0 Å². The summed E-state index contributed by atoms with van der Waals surface area (Å²) in [6.07, 6.45) is 3.32. The fraction of sp³-hybridized carbons (Fsp3) is 0.176. The largest absolute Gasteiger partial charge is 0.494 e. The molecule has 0 spiro atoms. The average Bonchev–Trinajstić information content (AvgIpc) is 3.10. The smallest absolute Gasteiger partial charge is 0.233 e. The van der Waals surface area contributed by atoms with Crippen molar-refractivity contribution in [2.24, 2.45) is 0 Å². The maximum absolute atomic E-state index is 13.8. The molecule has 25 heavy (non-hydrogen) atoms. The quantitative estimate of drug-likeness (QED) is 0.755. The van der Waals surface area contributed by atoms with Crippen LogP contribution in [0.3, 0.4) is 0 Å². The predicted molar refractivity (Wildman–Crippen MR) is 93.1 cm³/mol. The lowest BCUT2D eigenvalue weighted by Gasteiger charge is -2.12. The maximum Gasteiger partial charge on any atom is 0.233 e. The van der Waals surface area contributed by atoms with E-state index in [-0.39, 0.29) is 11.7 Å². The maximum atomic E-state index is 13.8. The number of hydrogen-bond donors (Lipinski definition) is 1. The number of amides is 1. The molecule has 1 atom stereocenters. The van der Waals surface area contributed by atoms with Crippen molar-refractivity contribution >= 4 is 22.4 Å². The van der Waals surface area contributed by atoms with Crippen molar-refractivity contribution < 1.29 is 13.9 Å². The molecule has 6 nitrogen and oxygen atoms in total. The first-order valence-electron chi connectivity index (χ1n) is 7.46. The predicted octanol–water partition coefficient (Wildman–Crippen LogP) is 3.49. The Labute approximate surface area is 147 Å². The van der Waals surface area contributed by atoms with Crippen LogP contribution in [0.4, 0.5) is 9.52 Å². The summed E-state index contributed by atoms with van der Waals surface area (Å²) in [5.74, 6) is -1.20. The van der Waals surface area contributed by atoms with Crippen LogP contribution >= 0.6 is 11.3 Å². The summed E-state index contributed by atoms with van der Waals surface area (Å²) >= 11 is 1.26. The van der Waals surface area contributed by atoms with Gasteiger partial charge < -0.3 is 4.74 Å². The Balaban J connectivity index is 1.72. The van der Waals surface area contributed by atoms with E-state index in [2.05, 4.69) is 20.5 Å². The number of methoxy groups -OCH3 is 1. The molecule has 1 aromatic carbocycles. The summed E-state index contributed by atoms with van der Waals surface area (Å²) in [4.78, 5) is 16.3. The molecule has 1 unspecified atom stereocenters. The number of nitrogens with one attached hydrogen (secondary N) is 1. The Kier molecular flexibility index (Phi) is 4.99. The van der Waals surface area contributed by atoms with Gasteiger partial charge in [0.1, 0.15) is 5.01 Å². The summed E-state index contributed by atoms with van der Waals surface area (Å²) in [6.45, 7) is 1.70. The lowest BCUT2D eigenvalue weighted by atomic mass is 10.00. The van der Waals surface area contributed by atoms with Gasteiger partial charge in [0.25, 0.3) is 0 Å². The minimum atomic E-state index is -0.548. The minimum absolute atomic E-state index is 0.141. The van der Waals surface area contributed by atoms with Gasteiger partial charge in [-0.05, 0) is 36.8 Å². The van der Waals surface area contributed by atoms with E-state index in [1.807, 2.05) is 12.1 Å². The molecular formula is C17H15FN4O2S. The van der Waals surface area contributed by atoms with E-state index in [1.54, 1.807) is 25.4 Å². The summed E-state index contributed by atoms with van der Waals surface area (Å²) in [5, 5.41) is 11.8. The van der Waals surface area contributed by atoms with Crippen LogP contribution < -0.4 is 10.1 Å². The molecule has 0 bridgehead atoms. The molecule has 2 heterocycles. The molecule has 1 amide bonds. The van der Waals surface area contributed by atoms with E-state index in [1.165, 1.54) is 30.6 Å². The molecule has 8 heteroatoms. The molecule has 0 aliphatic carbocycles. The number of carbonyl (C=O) groups is 1. The van der Waals surface area contributed by atoms with Crippen LogP contribution in [0.15, 0.2) is 42.7 Å². The lowest BCUT2D eigenvalue weighted by molar-refractivity contribution is -0.117. The lowest BCUT2D eigenvalue weighted by Crippen LogP contribution is -2.18. The number of carbonyl (C=O) groups excluding carboxylic acids is 1. The third-order valence-corrected chi connectivity index (χ3v) is 4.54. The number of halogens is 1. The number of rotatable bonds is 5. The van der Waals surface area contributed by atoms with Gasteiger partial charge in [-0.15, -0.1) is 10.2 Å². The highest BCUT2D eigenvalue weighted by Crippen LogP contribution is 2.28. The first-order chi connectivity index (χ1) is 12.1. The third-order valence-electron chi connectivity index (χ3n) is 3.65. The molecule has 0 fully saturated rings. The Morgan fingerprint density at radius 3 is 2.68 bits per heavy atom. The number of aromatic nitrogens is 3. The minimum Gasteiger partial charge on any atom is -0.494 e. The molecule has 0 saturated heterocycles. The van der Waals surface area contributed by atoms with E-state index in [0.29, 0.717) is 15.7 Å². The van der Waals surface area contributed by atoms with Crippen molar-refractivity contribution in [3.8, 4) is 16.3 Å². The summed E-state index contributed by atoms with van der Waals surface area (Å²) in [7, 11) is 1.39. The van der Waals surface area contributed by atoms with Crippen LogP contribution in [0.1, 0.15) is 18.4 Å². The molecule has 2 aromatic heterocycles. The zero-order valence-electron chi connectivity index (χ0n) is 13.6. The number of pyridine rings is 1. The monoisotopic (exact) mass is 358 g/mol. The Morgan fingerprint density at radius 1 is 1.24 bits per heavy atom. The molecule has 0 aliphatic rings. The van der Waals surface area contributed by atoms with Crippen LogP contribution in [0, 0.1) is 5.82 Å². The third kappa shape index (κ3) is 3.80. The van der Waals surface area contributed by atoms with Gasteiger partial charge in [-0.2, -0.15) is 0 Å². The Morgan fingerprint density at radius 2 is 2.00 bits per heavy atom. The highest BCUT2D eigenvalue weighted by molar-refractivity contribution is 7.18. The van der Waals surface area contributed by atoms with Gasteiger partial charge in [-0.1, -0.05) is 17.4 Å². The zero-order chi connectivity index (χ0) is 17.8. The van der Waals surface area contributed by atoms with E-state index in [4.69, 9.17) is 4.74 Å². The van der Waals surface area contributed by atoms with Crippen molar-refractivity contribution in [3.05, 3.63) is 54.1 Å². The van der Waals surface area contributed by atoms with E-state index >= 15 is 0 Å². The second kappa shape index (κ2) is 7.35. The fourth-order valence-electron chi connectivity index (χ4n) is 2.20. The van der Waals surface area contributed by atoms with E-state index in [0.717, 1.165) is 5.56 Å². The van der Waals surface area contributed by atoms with Gasteiger partial charge in [0.2, 0.25) is 11.0 Å². The summed E-state index contributed by atoms with van der Waals surface area (Å²) in [6, 6.07) is 8.09. The molecule has 128 valence electrons. The first-order valence-corrected chi connectivity index (χ1v) is 8.28. The second-order valence-electron chi connectivity index (χ2n) is 5.25. The molecule has 0 radical (unpaired) electrons. The zero-order valence-corrected chi connectivity index (χ0v) is 14.4. The topological polar surface area (TPSA) is 77.0 Å². The first kappa shape index (κ1) is 17.0. The fourth-order valence-corrected chi connectivity index (χ4v) is 2.95. The average molecular weight is 358 g/mol. The highest BCUT2D eigenvalue weighted by Gasteiger charge is 2.19. The summed E-state index contributed by atoms with van der Waals surface area (Å²) in [5.41, 5.74) is 1.42. The molecule has 3 rings (SSSR count). The molecule has 0 aliphatic heterocycles. The number of hydrogen-bond acceptors (Lipinski definition) is 6. The van der Waals surface area contributed by atoms with Crippen molar-refractivity contribution in [2.75, 3.05) is 12.4 Å². The number of benzene rings is 1. The van der Waals surface area contributed by atoms with Gasteiger partial charge in [0.15, 0.2) is 11.6 Å². The van der Waals surface area contributed by atoms with Gasteiger partial charge >= 0.3 is 0 Å². The second-order valence-corrected chi connectivity index (χ2v) is 6.23. The molecular weight excluding hydrogens is 343 g/mol. The van der Waals surface area contributed by atoms with Gasteiger partial charge in [-0.25, -0.2) is 4.39 Å². The Hall–Kier alpha value is -2.87. The molecule has 3 aromatic rings. The van der Waals surface area contributed by atoms with Crippen LogP contribution in [-0.4, -0.2) is 28.2 Å². The normalized spacial score (nSPS) is 11.8.